The van der Waals surface area contributed by atoms with E-state index in [0.717, 1.165) is 11.1 Å². The van der Waals surface area contributed by atoms with Crippen molar-refractivity contribution in [3.8, 4) is 0 Å². The Morgan fingerprint density at radius 1 is 0.870 bits per heavy atom. The third kappa shape index (κ3) is 11.7. The van der Waals surface area contributed by atoms with Crippen LogP contribution in [0.3, 0.4) is 0 Å². The summed E-state index contributed by atoms with van der Waals surface area (Å²) in [7, 11) is 1.36. The second-order valence-corrected chi connectivity index (χ2v) is 12.3. The van der Waals surface area contributed by atoms with Gasteiger partial charge in [-0.2, -0.15) is 0 Å². The molecule has 3 rings (SSSR count). The van der Waals surface area contributed by atoms with E-state index in [1.807, 2.05) is 60.7 Å². The van der Waals surface area contributed by atoms with Crippen LogP contribution in [0.15, 0.2) is 60.7 Å². The largest absolute Gasteiger partial charge is 0.456 e. The van der Waals surface area contributed by atoms with Gasteiger partial charge in [0, 0.05) is 33.4 Å². The maximum absolute atomic E-state index is 13.8. The SMILES string of the molecule is CO[C@@H]1O[C@H](CNC(=O)[C@H](Cc2ccccc2)C[C@H](O)[C@H](Cc2ccccc2)NC(=O)OC(C)(C)C)[C@@H](OC(C)=O)[C@H]1OC(C)=O. The van der Waals surface area contributed by atoms with Crippen LogP contribution in [-0.2, 0) is 50.9 Å². The van der Waals surface area contributed by atoms with E-state index in [1.165, 1.54) is 21.0 Å². The number of amides is 2. The molecular formula is C34H46N2O10. The van der Waals surface area contributed by atoms with Crippen molar-refractivity contribution in [2.45, 2.75) is 96.2 Å². The number of benzene rings is 2. The summed E-state index contributed by atoms with van der Waals surface area (Å²) in [6.45, 7) is 7.58. The number of aliphatic hydroxyl groups excluding tert-OH is 1. The van der Waals surface area contributed by atoms with Gasteiger partial charge in [-0.05, 0) is 51.2 Å². The average molecular weight is 643 g/mol. The van der Waals surface area contributed by atoms with Crippen molar-refractivity contribution in [2.24, 2.45) is 5.92 Å². The maximum Gasteiger partial charge on any atom is 0.407 e. The first-order valence-electron chi connectivity index (χ1n) is 15.3. The number of hydrogen-bond donors (Lipinski definition) is 3. The minimum absolute atomic E-state index is 0.00366. The Morgan fingerprint density at radius 3 is 1.93 bits per heavy atom. The molecule has 1 aliphatic heterocycles. The molecule has 252 valence electrons. The molecule has 0 unspecified atom stereocenters. The summed E-state index contributed by atoms with van der Waals surface area (Å²) in [4.78, 5) is 50.1. The molecule has 12 heteroatoms. The molecule has 2 aromatic carbocycles. The molecule has 0 aliphatic carbocycles. The molecule has 0 aromatic heterocycles. The Hall–Kier alpha value is -4.00. The lowest BCUT2D eigenvalue weighted by Crippen LogP contribution is -2.49. The summed E-state index contributed by atoms with van der Waals surface area (Å²) in [5.41, 5.74) is 1.01. The van der Waals surface area contributed by atoms with E-state index in [1.54, 1.807) is 20.8 Å². The fourth-order valence-corrected chi connectivity index (χ4v) is 5.29. The highest BCUT2D eigenvalue weighted by Gasteiger charge is 2.49. The van der Waals surface area contributed by atoms with Gasteiger partial charge in [-0.15, -0.1) is 0 Å². The number of carbonyl (C=O) groups excluding carboxylic acids is 4. The van der Waals surface area contributed by atoms with E-state index >= 15 is 0 Å². The van der Waals surface area contributed by atoms with Gasteiger partial charge < -0.3 is 39.4 Å². The Morgan fingerprint density at radius 2 is 1.41 bits per heavy atom. The molecule has 1 heterocycles. The summed E-state index contributed by atoms with van der Waals surface area (Å²) >= 11 is 0. The van der Waals surface area contributed by atoms with Crippen molar-refractivity contribution in [3.05, 3.63) is 71.8 Å². The molecule has 7 atom stereocenters. The summed E-state index contributed by atoms with van der Waals surface area (Å²) in [5, 5.41) is 17.2. The van der Waals surface area contributed by atoms with Crippen LogP contribution in [0, 0.1) is 5.92 Å². The van der Waals surface area contributed by atoms with Gasteiger partial charge in [0.25, 0.3) is 0 Å². The molecule has 12 nitrogen and oxygen atoms in total. The van der Waals surface area contributed by atoms with Crippen LogP contribution in [0.5, 0.6) is 0 Å². The monoisotopic (exact) mass is 642 g/mol. The Bertz CT molecular complexity index is 1280. The van der Waals surface area contributed by atoms with E-state index in [9.17, 15) is 24.3 Å². The molecule has 2 amide bonds. The molecule has 1 fully saturated rings. The minimum Gasteiger partial charge on any atom is -0.456 e. The number of hydrogen-bond acceptors (Lipinski definition) is 10. The van der Waals surface area contributed by atoms with E-state index < -0.39 is 72.2 Å². The van der Waals surface area contributed by atoms with E-state index in [2.05, 4.69) is 10.6 Å². The third-order valence-electron chi connectivity index (χ3n) is 7.27. The summed E-state index contributed by atoms with van der Waals surface area (Å²) in [6, 6.07) is 18.0. The highest BCUT2D eigenvalue weighted by Crippen LogP contribution is 2.28. The van der Waals surface area contributed by atoms with Crippen LogP contribution in [0.4, 0.5) is 4.79 Å². The quantitative estimate of drug-likeness (QED) is 0.207. The second kappa shape index (κ2) is 17.1. The summed E-state index contributed by atoms with van der Waals surface area (Å²) in [5.74, 6) is -2.36. The molecule has 0 bridgehead atoms. The van der Waals surface area contributed by atoms with Gasteiger partial charge in [0.05, 0.1) is 12.1 Å². The molecule has 2 aromatic rings. The van der Waals surface area contributed by atoms with Crippen molar-refractivity contribution >= 4 is 23.9 Å². The molecule has 0 spiro atoms. The fraction of sp³-hybridized carbons (Fsp3) is 0.529. The first-order valence-corrected chi connectivity index (χ1v) is 15.3. The summed E-state index contributed by atoms with van der Waals surface area (Å²) < 4.78 is 27.4. The van der Waals surface area contributed by atoms with Gasteiger partial charge in [0.15, 0.2) is 18.5 Å². The zero-order valence-electron chi connectivity index (χ0n) is 27.3. The molecule has 0 saturated carbocycles. The van der Waals surface area contributed by atoms with Gasteiger partial charge in [-0.3, -0.25) is 14.4 Å². The van der Waals surface area contributed by atoms with Crippen molar-refractivity contribution in [1.29, 1.82) is 0 Å². The zero-order chi connectivity index (χ0) is 33.9. The van der Waals surface area contributed by atoms with E-state index in [4.69, 9.17) is 23.7 Å². The topological polar surface area (TPSA) is 159 Å². The molecule has 1 saturated heterocycles. The molecule has 3 N–H and O–H groups in total. The van der Waals surface area contributed by atoms with E-state index in [0.29, 0.717) is 12.8 Å². The van der Waals surface area contributed by atoms with Crippen LogP contribution in [0.2, 0.25) is 0 Å². The number of carbonyl (C=O) groups is 4. The van der Waals surface area contributed by atoms with Crippen molar-refractivity contribution in [1.82, 2.24) is 10.6 Å². The highest BCUT2D eigenvalue weighted by atomic mass is 16.7. The number of ether oxygens (including phenoxy) is 5. The van der Waals surface area contributed by atoms with Gasteiger partial charge in [-0.1, -0.05) is 60.7 Å². The number of methoxy groups -OCH3 is 1. The standard InChI is InChI=1S/C34H46N2O10/c1-21(37)43-29-28(45-32(42-6)30(29)44-22(2)38)20-35-31(40)25(17-23-13-9-7-10-14-23)19-27(39)26(18-24-15-11-8-12-16-24)36-33(41)46-34(3,4)5/h7-16,25-30,32,39H,17-20H2,1-6H3,(H,35,40)(H,36,41)/t25-,26+,27+,28-,29-,30-,32-/m1/s1. The van der Waals surface area contributed by atoms with Gasteiger partial charge >= 0.3 is 18.0 Å². The first kappa shape index (κ1) is 36.5. The molecule has 46 heavy (non-hydrogen) atoms. The lowest BCUT2D eigenvalue weighted by atomic mass is 9.88. The average Bonchev–Trinajstić information content (AvgIpc) is 3.29. The number of rotatable bonds is 14. The maximum atomic E-state index is 13.8. The second-order valence-electron chi connectivity index (χ2n) is 12.3. The first-order chi connectivity index (χ1) is 21.8. The number of nitrogens with one attached hydrogen (secondary N) is 2. The lowest BCUT2D eigenvalue weighted by molar-refractivity contribution is -0.180. The minimum atomic E-state index is -1.13. The van der Waals surface area contributed by atoms with E-state index in [-0.39, 0.29) is 13.0 Å². The van der Waals surface area contributed by atoms with Crippen LogP contribution in [-0.4, -0.2) is 85.0 Å². The summed E-state index contributed by atoms with van der Waals surface area (Å²) in [6.07, 6.45) is -5.17. The van der Waals surface area contributed by atoms with Crippen molar-refractivity contribution in [3.63, 3.8) is 0 Å². The zero-order valence-corrected chi connectivity index (χ0v) is 27.3. The number of esters is 2. The molecular weight excluding hydrogens is 596 g/mol. The van der Waals surface area contributed by atoms with Crippen LogP contribution in [0.25, 0.3) is 0 Å². The predicted octanol–water partition coefficient (Wildman–Crippen LogP) is 3.08. The number of aliphatic hydroxyl groups is 1. The lowest BCUT2D eigenvalue weighted by Gasteiger charge is -2.29. The Kier molecular flexibility index (Phi) is 13.5. The normalized spacial score (nSPS) is 21.4. The Balaban J connectivity index is 1.80. The van der Waals surface area contributed by atoms with Crippen LogP contribution >= 0.6 is 0 Å². The highest BCUT2D eigenvalue weighted by molar-refractivity contribution is 5.79. The number of alkyl carbamates (subject to hydrolysis) is 1. The smallest absolute Gasteiger partial charge is 0.407 e. The molecule has 1 aliphatic rings. The predicted molar refractivity (Wildman–Crippen MR) is 167 cm³/mol. The van der Waals surface area contributed by atoms with Gasteiger partial charge in [-0.25, -0.2) is 4.79 Å². The van der Waals surface area contributed by atoms with Gasteiger partial charge in [0.2, 0.25) is 5.91 Å². The fourth-order valence-electron chi connectivity index (χ4n) is 5.29. The third-order valence-corrected chi connectivity index (χ3v) is 7.27. The Labute approximate surface area is 270 Å². The van der Waals surface area contributed by atoms with Gasteiger partial charge in [0.1, 0.15) is 11.7 Å². The van der Waals surface area contributed by atoms with Crippen molar-refractivity contribution < 1.29 is 48.0 Å². The van der Waals surface area contributed by atoms with Crippen LogP contribution in [0.1, 0.15) is 52.2 Å². The van der Waals surface area contributed by atoms with Crippen LogP contribution < -0.4 is 10.6 Å². The van der Waals surface area contributed by atoms with Crippen molar-refractivity contribution in [2.75, 3.05) is 13.7 Å². The molecule has 0 radical (unpaired) electrons.